The third-order valence-electron chi connectivity index (χ3n) is 6.49. The number of carbonyl (C=O) groups excluding carboxylic acids is 1. The van der Waals surface area contributed by atoms with Gasteiger partial charge in [0.1, 0.15) is 0 Å². The molecule has 206 valence electrons. The molecule has 0 spiro atoms. The molecule has 0 saturated carbocycles. The molecule has 0 fully saturated rings. The summed E-state index contributed by atoms with van der Waals surface area (Å²) in [4.78, 5) is 18.4. The van der Waals surface area contributed by atoms with Crippen molar-refractivity contribution in [3.8, 4) is 0 Å². The second kappa shape index (κ2) is 18.6. The minimum atomic E-state index is -3.47. The van der Waals surface area contributed by atoms with Crippen LogP contribution in [0.25, 0.3) is 0 Å². The van der Waals surface area contributed by atoms with Crippen molar-refractivity contribution in [2.45, 2.75) is 100.0 Å². The van der Waals surface area contributed by atoms with E-state index in [2.05, 4.69) is 20.8 Å². The van der Waals surface area contributed by atoms with Crippen LogP contribution >= 0.6 is 7.60 Å². The van der Waals surface area contributed by atoms with Crippen molar-refractivity contribution < 1.29 is 23.2 Å². The molecular weight excluding hydrogens is 580 g/mol. The molecule has 0 radical (unpaired) electrons. The van der Waals surface area contributed by atoms with E-state index in [0.717, 1.165) is 60.7 Å². The molecule has 6 nitrogen and oxygen atoms in total. The topological polar surface area (TPSA) is 65.1 Å². The quantitative estimate of drug-likeness (QED) is 0.0822. The first-order valence-electron chi connectivity index (χ1n) is 13.9. The van der Waals surface area contributed by atoms with Gasteiger partial charge in [-0.1, -0.05) is 0 Å². The maximum absolute atomic E-state index is 14.4. The van der Waals surface area contributed by atoms with Crippen molar-refractivity contribution in [2.75, 3.05) is 19.8 Å². The summed E-state index contributed by atoms with van der Waals surface area (Å²) in [6, 6.07) is 9.80. The number of hydrogen-bond acceptors (Lipinski definition) is 5. The van der Waals surface area contributed by atoms with Gasteiger partial charge in [-0.3, -0.25) is 0 Å². The van der Waals surface area contributed by atoms with E-state index < -0.39 is 26.0 Å². The molecule has 0 unspecified atom stereocenters. The number of carbonyl (C=O) groups is 1. The van der Waals surface area contributed by atoms with E-state index in [0.29, 0.717) is 19.8 Å². The third-order valence-corrected chi connectivity index (χ3v) is 28.9. The van der Waals surface area contributed by atoms with Crippen molar-refractivity contribution in [1.29, 1.82) is 0 Å². The van der Waals surface area contributed by atoms with Crippen molar-refractivity contribution in [2.24, 2.45) is 0 Å². The number of rotatable bonds is 20. The first-order chi connectivity index (χ1) is 17.3. The number of hydroxylamine groups is 2. The Bertz CT molecular complexity index is 786. The minimum absolute atomic E-state index is 0.180. The summed E-state index contributed by atoms with van der Waals surface area (Å²) in [5, 5.41) is 1.38. The van der Waals surface area contributed by atoms with Crippen LogP contribution in [-0.2, 0) is 29.9 Å². The van der Waals surface area contributed by atoms with E-state index in [-0.39, 0.29) is 12.5 Å². The average Bonchev–Trinajstić information content (AvgIpc) is 2.87. The zero-order valence-electron chi connectivity index (χ0n) is 23.6. The van der Waals surface area contributed by atoms with Crippen LogP contribution in [0.4, 0.5) is 0 Å². The summed E-state index contributed by atoms with van der Waals surface area (Å²) in [7, 11) is -3.47. The van der Waals surface area contributed by atoms with Gasteiger partial charge in [0, 0.05) is 0 Å². The molecule has 0 aliphatic rings. The van der Waals surface area contributed by atoms with Crippen LogP contribution in [0.3, 0.4) is 0 Å². The van der Waals surface area contributed by atoms with Gasteiger partial charge in [-0.25, -0.2) is 0 Å². The van der Waals surface area contributed by atoms with Gasteiger partial charge < -0.3 is 0 Å². The van der Waals surface area contributed by atoms with Gasteiger partial charge >= 0.3 is 225 Å². The molecule has 0 N–H and O–H groups in total. The fourth-order valence-corrected chi connectivity index (χ4v) is 29.5. The summed E-state index contributed by atoms with van der Waals surface area (Å²) in [6.07, 6.45) is 8.71. The summed E-state index contributed by atoms with van der Waals surface area (Å²) in [5.41, 5.74) is 0.990. The van der Waals surface area contributed by atoms with Crippen molar-refractivity contribution in [3.63, 3.8) is 0 Å². The summed E-state index contributed by atoms with van der Waals surface area (Å²) in [6.45, 7) is 13.1. The molecule has 1 aromatic carbocycles. The van der Waals surface area contributed by atoms with Crippen LogP contribution in [0.2, 0.25) is 13.3 Å². The Morgan fingerprint density at radius 2 is 1.39 bits per heavy atom. The molecule has 0 bridgehead atoms. The SMILES string of the molecule is CCC[CH2][Sn]([CH2]CCC)([CH2]CCC)/[C](=C/CN(OCc1ccccc1)C(C)=O)P(=O)(OCC)OCC. The number of benzene rings is 1. The number of hydrogen-bond donors (Lipinski definition) is 0. The van der Waals surface area contributed by atoms with Crippen LogP contribution < -0.4 is 0 Å². The van der Waals surface area contributed by atoms with Gasteiger partial charge in [0.2, 0.25) is 0 Å². The average molecular weight is 630 g/mol. The second-order valence-corrected chi connectivity index (χ2v) is 25.7. The Balaban J connectivity index is 3.51. The predicted octanol–water partition coefficient (Wildman–Crippen LogP) is 8.51. The fourth-order valence-electron chi connectivity index (χ4n) is 4.61. The molecular formula is C28H50NO5PSn. The monoisotopic (exact) mass is 631 g/mol. The van der Waals surface area contributed by atoms with E-state index in [4.69, 9.17) is 13.9 Å². The van der Waals surface area contributed by atoms with Gasteiger partial charge in [-0.2, -0.15) is 0 Å². The number of unbranched alkanes of at least 4 members (excludes halogenated alkanes) is 3. The molecule has 0 aliphatic carbocycles. The molecule has 0 aliphatic heterocycles. The molecule has 0 heterocycles. The number of nitrogens with zero attached hydrogens (tertiary/aromatic N) is 1. The molecule has 0 atom stereocenters. The number of amides is 1. The van der Waals surface area contributed by atoms with Crippen LogP contribution in [0.5, 0.6) is 0 Å². The maximum atomic E-state index is 14.4. The molecule has 8 heteroatoms. The van der Waals surface area contributed by atoms with E-state index >= 15 is 0 Å². The summed E-state index contributed by atoms with van der Waals surface area (Å²) < 4.78 is 30.7. The van der Waals surface area contributed by atoms with Gasteiger partial charge in [0.15, 0.2) is 0 Å². The van der Waals surface area contributed by atoms with Gasteiger partial charge in [0.05, 0.1) is 0 Å². The van der Waals surface area contributed by atoms with Crippen molar-refractivity contribution >= 4 is 31.9 Å². The second-order valence-electron chi connectivity index (χ2n) is 9.35. The zero-order chi connectivity index (χ0) is 26.9. The standard InChI is InChI=1S/C16H23NO5P.3C4H9.Sn/c1-4-21-23(19,22-5-2)13-9-12-17(15(3)18)20-14-16-10-7-6-8-11-16;3*1-3-4-2;/h6-11H,4-5,12,14H2,1-3H3;3*1,3-4H2,2H3;. The van der Waals surface area contributed by atoms with Crippen LogP contribution in [0.15, 0.2) is 39.7 Å². The molecule has 1 rings (SSSR count). The Morgan fingerprint density at radius 3 is 1.81 bits per heavy atom. The van der Waals surface area contributed by atoms with Crippen LogP contribution in [0.1, 0.15) is 85.6 Å². The fraction of sp³-hybridized carbons (Fsp3) is 0.679. The van der Waals surface area contributed by atoms with Crippen molar-refractivity contribution in [1.82, 2.24) is 5.06 Å². The van der Waals surface area contributed by atoms with E-state index in [1.54, 1.807) is 0 Å². The van der Waals surface area contributed by atoms with Crippen molar-refractivity contribution in [3.05, 3.63) is 45.3 Å². The van der Waals surface area contributed by atoms with E-state index in [9.17, 15) is 9.36 Å². The Hall–Kier alpha value is -0.661. The van der Waals surface area contributed by atoms with E-state index in [1.165, 1.54) is 12.0 Å². The molecule has 1 amide bonds. The van der Waals surface area contributed by atoms with Gasteiger partial charge in [0.25, 0.3) is 0 Å². The summed E-state index contributed by atoms with van der Waals surface area (Å²) >= 11 is -3.22. The summed E-state index contributed by atoms with van der Waals surface area (Å²) in [5.74, 6) is -0.180. The Labute approximate surface area is 224 Å². The Morgan fingerprint density at radius 1 is 0.889 bits per heavy atom. The molecule has 36 heavy (non-hydrogen) atoms. The Kier molecular flexibility index (Phi) is 17.2. The first kappa shape index (κ1) is 33.4. The molecule has 1 aromatic rings. The first-order valence-corrected chi connectivity index (χ1v) is 22.9. The van der Waals surface area contributed by atoms with Crippen LogP contribution in [-0.4, -0.2) is 49.1 Å². The van der Waals surface area contributed by atoms with Gasteiger partial charge in [-0.05, 0) is 0 Å². The molecule has 0 aromatic heterocycles. The van der Waals surface area contributed by atoms with E-state index in [1.807, 2.05) is 50.3 Å². The van der Waals surface area contributed by atoms with Crippen LogP contribution in [0, 0.1) is 0 Å². The molecule has 0 saturated heterocycles. The zero-order valence-corrected chi connectivity index (χ0v) is 27.3. The third kappa shape index (κ3) is 11.0. The normalized spacial score (nSPS) is 12.7. The van der Waals surface area contributed by atoms with Gasteiger partial charge in [-0.15, -0.1) is 0 Å². The predicted molar refractivity (Wildman–Crippen MR) is 152 cm³/mol.